The van der Waals surface area contributed by atoms with E-state index in [9.17, 15) is 10.1 Å². The zero-order valence-corrected chi connectivity index (χ0v) is 12.5. The number of halogens is 1. The van der Waals surface area contributed by atoms with Gasteiger partial charge in [-0.05, 0) is 6.07 Å². The van der Waals surface area contributed by atoms with E-state index in [-0.39, 0.29) is 17.3 Å². The maximum absolute atomic E-state index is 11.0. The van der Waals surface area contributed by atoms with E-state index in [0.29, 0.717) is 20.9 Å². The molecular formula is C11H10BrN5O2S. The minimum Gasteiger partial charge on any atom is -0.383 e. The van der Waals surface area contributed by atoms with Crippen LogP contribution in [0.5, 0.6) is 0 Å². The highest BCUT2D eigenvalue weighted by Gasteiger charge is 2.15. The fraction of sp³-hybridized carbons (Fsp3) is 0.0909. The number of aromatic nitrogens is 2. The first-order chi connectivity index (χ1) is 9.45. The zero-order valence-electron chi connectivity index (χ0n) is 10.1. The van der Waals surface area contributed by atoms with E-state index < -0.39 is 4.92 Å². The highest BCUT2D eigenvalue weighted by Crippen LogP contribution is 2.29. The summed E-state index contributed by atoms with van der Waals surface area (Å²) in [5.41, 5.74) is 11.8. The fourth-order valence-electron chi connectivity index (χ4n) is 1.50. The highest BCUT2D eigenvalue weighted by atomic mass is 79.9. The van der Waals surface area contributed by atoms with Crippen LogP contribution in [0.25, 0.3) is 0 Å². The Balaban J connectivity index is 2.20. The number of rotatable bonds is 4. The lowest BCUT2D eigenvalue weighted by molar-refractivity contribution is -0.385. The number of hydrogen-bond donors (Lipinski definition) is 2. The average Bonchev–Trinajstić information content (AvgIpc) is 2.36. The van der Waals surface area contributed by atoms with Gasteiger partial charge in [-0.3, -0.25) is 10.1 Å². The molecule has 0 unspecified atom stereocenters. The normalized spacial score (nSPS) is 10.4. The van der Waals surface area contributed by atoms with Gasteiger partial charge in [0.1, 0.15) is 11.6 Å². The number of nitrogens with two attached hydrogens (primary N) is 2. The van der Waals surface area contributed by atoms with Gasteiger partial charge in [0.05, 0.1) is 4.92 Å². The summed E-state index contributed by atoms with van der Waals surface area (Å²) in [6.07, 6.45) is 0. The molecule has 4 N–H and O–H groups in total. The smallest absolute Gasteiger partial charge is 0.274 e. The molecule has 1 aromatic carbocycles. The molecule has 0 amide bonds. The summed E-state index contributed by atoms with van der Waals surface area (Å²) >= 11 is 4.45. The first-order valence-electron chi connectivity index (χ1n) is 5.41. The van der Waals surface area contributed by atoms with Crippen molar-refractivity contribution < 1.29 is 4.92 Å². The van der Waals surface area contributed by atoms with Crippen LogP contribution >= 0.6 is 27.7 Å². The monoisotopic (exact) mass is 355 g/mol. The van der Waals surface area contributed by atoms with Crippen LogP contribution in [0.15, 0.2) is 33.9 Å². The van der Waals surface area contributed by atoms with Gasteiger partial charge in [0.15, 0.2) is 5.16 Å². The highest BCUT2D eigenvalue weighted by molar-refractivity contribution is 9.10. The fourth-order valence-corrected chi connectivity index (χ4v) is 2.72. The minimum absolute atomic E-state index is 0.0451. The van der Waals surface area contributed by atoms with Crippen molar-refractivity contribution in [2.45, 2.75) is 10.9 Å². The molecule has 0 bridgehead atoms. The Labute approximate surface area is 127 Å². The summed E-state index contributed by atoms with van der Waals surface area (Å²) in [7, 11) is 0. The number of nitrogens with zero attached hydrogens (tertiary/aromatic N) is 3. The van der Waals surface area contributed by atoms with E-state index in [0.717, 1.165) is 0 Å². The summed E-state index contributed by atoms with van der Waals surface area (Å²) in [6.45, 7) is 0. The molecule has 104 valence electrons. The average molecular weight is 356 g/mol. The molecule has 9 heteroatoms. The summed E-state index contributed by atoms with van der Waals surface area (Å²) in [6, 6.07) is 6.35. The number of thioether (sulfide) groups is 1. The van der Waals surface area contributed by atoms with Crippen LogP contribution in [0.4, 0.5) is 17.3 Å². The van der Waals surface area contributed by atoms with Gasteiger partial charge in [-0.25, -0.2) is 9.97 Å². The third-order valence-corrected chi connectivity index (χ3v) is 3.74. The molecule has 0 radical (unpaired) electrons. The maximum atomic E-state index is 11.0. The van der Waals surface area contributed by atoms with Crippen LogP contribution in [0, 0.1) is 10.1 Å². The lowest BCUT2D eigenvalue weighted by atomic mass is 10.2. The van der Waals surface area contributed by atoms with Crippen molar-refractivity contribution in [3.63, 3.8) is 0 Å². The van der Waals surface area contributed by atoms with Gasteiger partial charge < -0.3 is 11.5 Å². The predicted molar refractivity (Wildman–Crippen MR) is 81.2 cm³/mol. The predicted octanol–water partition coefficient (Wildman–Crippen LogP) is 2.60. The molecule has 2 aromatic rings. The van der Waals surface area contributed by atoms with Crippen molar-refractivity contribution in [1.82, 2.24) is 9.97 Å². The van der Waals surface area contributed by atoms with Crippen LogP contribution in [-0.4, -0.2) is 14.9 Å². The largest absolute Gasteiger partial charge is 0.383 e. The lowest BCUT2D eigenvalue weighted by Gasteiger charge is -2.04. The van der Waals surface area contributed by atoms with Gasteiger partial charge in [-0.15, -0.1) is 0 Å². The van der Waals surface area contributed by atoms with Gasteiger partial charge >= 0.3 is 0 Å². The number of hydrogen-bond acceptors (Lipinski definition) is 7. The van der Waals surface area contributed by atoms with Crippen molar-refractivity contribution in [2.75, 3.05) is 11.5 Å². The molecular weight excluding hydrogens is 346 g/mol. The molecule has 20 heavy (non-hydrogen) atoms. The van der Waals surface area contributed by atoms with E-state index in [1.165, 1.54) is 23.9 Å². The Hall–Kier alpha value is -1.87. The first-order valence-corrected chi connectivity index (χ1v) is 7.19. The molecule has 0 atom stereocenters. The molecule has 0 aliphatic rings. The van der Waals surface area contributed by atoms with E-state index >= 15 is 0 Å². The lowest BCUT2D eigenvalue weighted by Crippen LogP contribution is -2.00. The van der Waals surface area contributed by atoms with Gasteiger partial charge in [-0.1, -0.05) is 33.8 Å². The summed E-state index contributed by atoms with van der Waals surface area (Å²) in [5.74, 6) is 0.891. The van der Waals surface area contributed by atoms with E-state index in [1.54, 1.807) is 12.1 Å². The molecule has 7 nitrogen and oxygen atoms in total. The van der Waals surface area contributed by atoms with Crippen LogP contribution in [-0.2, 0) is 5.75 Å². The molecule has 0 aliphatic heterocycles. The molecule has 0 spiro atoms. The second-order valence-electron chi connectivity index (χ2n) is 3.82. The maximum Gasteiger partial charge on any atom is 0.274 e. The van der Waals surface area contributed by atoms with E-state index in [1.807, 2.05) is 0 Å². The number of nitro groups is 1. The Morgan fingerprint density at radius 1 is 1.25 bits per heavy atom. The second kappa shape index (κ2) is 6.06. The van der Waals surface area contributed by atoms with Gasteiger partial charge in [0.2, 0.25) is 0 Å². The minimum atomic E-state index is -0.421. The van der Waals surface area contributed by atoms with Crippen molar-refractivity contribution in [3.8, 4) is 0 Å². The summed E-state index contributed by atoms with van der Waals surface area (Å²) < 4.78 is 0.655. The number of nitrogen functional groups attached to an aromatic ring is 2. The quantitative estimate of drug-likeness (QED) is 0.374. The van der Waals surface area contributed by atoms with E-state index in [2.05, 4.69) is 25.9 Å². The molecule has 0 saturated carbocycles. The van der Waals surface area contributed by atoms with Crippen LogP contribution in [0.3, 0.4) is 0 Å². The second-order valence-corrected chi connectivity index (χ2v) is 5.68. The number of anilines is 2. The zero-order chi connectivity index (χ0) is 14.7. The third-order valence-electron chi connectivity index (χ3n) is 2.35. The molecule has 0 saturated heterocycles. The van der Waals surface area contributed by atoms with Gasteiger partial charge in [0.25, 0.3) is 5.69 Å². The number of nitro benzene ring substituents is 1. The van der Waals surface area contributed by atoms with Gasteiger partial charge in [-0.2, -0.15) is 0 Å². The molecule has 2 rings (SSSR count). The van der Waals surface area contributed by atoms with E-state index in [4.69, 9.17) is 11.5 Å². The Kier molecular flexibility index (Phi) is 4.40. The van der Waals surface area contributed by atoms with Crippen molar-refractivity contribution in [2.24, 2.45) is 0 Å². The SMILES string of the molecule is Nc1cc(N)nc(SCc2ccc(Br)cc2[N+](=O)[O-])n1. The molecule has 0 fully saturated rings. The van der Waals surface area contributed by atoms with Gasteiger partial charge in [0, 0.05) is 27.9 Å². The Morgan fingerprint density at radius 3 is 2.50 bits per heavy atom. The summed E-state index contributed by atoms with van der Waals surface area (Å²) in [4.78, 5) is 18.6. The first kappa shape index (κ1) is 14.5. The van der Waals surface area contributed by atoms with Crippen LogP contribution in [0.1, 0.15) is 5.56 Å². The third kappa shape index (κ3) is 3.58. The Bertz CT molecular complexity index is 647. The molecule has 1 heterocycles. The summed E-state index contributed by atoms with van der Waals surface area (Å²) in [5, 5.41) is 11.4. The van der Waals surface area contributed by atoms with Crippen LogP contribution < -0.4 is 11.5 Å². The Morgan fingerprint density at radius 2 is 1.90 bits per heavy atom. The topological polar surface area (TPSA) is 121 Å². The molecule has 1 aromatic heterocycles. The standard InChI is InChI=1S/C11H10BrN5O2S/c12-7-2-1-6(8(3-7)17(18)19)5-20-11-15-9(13)4-10(14)16-11/h1-4H,5H2,(H4,13,14,15,16). The molecule has 0 aliphatic carbocycles. The van der Waals surface area contributed by atoms with Crippen molar-refractivity contribution in [3.05, 3.63) is 44.4 Å². The van der Waals surface area contributed by atoms with Crippen LogP contribution in [0.2, 0.25) is 0 Å². The van der Waals surface area contributed by atoms with Crippen molar-refractivity contribution in [1.29, 1.82) is 0 Å². The van der Waals surface area contributed by atoms with Crippen molar-refractivity contribution >= 4 is 45.0 Å². The number of benzene rings is 1.